The van der Waals surface area contributed by atoms with Crippen LogP contribution in [0.3, 0.4) is 0 Å². The number of nitro groups is 1. The van der Waals surface area contributed by atoms with E-state index in [2.05, 4.69) is 15.9 Å². The van der Waals surface area contributed by atoms with E-state index in [0.717, 1.165) is 0 Å². The summed E-state index contributed by atoms with van der Waals surface area (Å²) < 4.78 is 0.326. The van der Waals surface area contributed by atoms with Gasteiger partial charge in [-0.3, -0.25) is 10.1 Å². The summed E-state index contributed by atoms with van der Waals surface area (Å²) in [5.74, 6) is 0.0486. The van der Waals surface area contributed by atoms with Gasteiger partial charge in [-0.05, 0) is 28.9 Å². The summed E-state index contributed by atoms with van der Waals surface area (Å²) in [5.41, 5.74) is 0.439. The minimum absolute atomic E-state index is 0.0368. The number of nitrogens with zero attached hydrogens (tertiary/aromatic N) is 1. The smallest absolute Gasteiger partial charge is 0.284 e. The molecule has 0 amide bonds. The molecular weight excluding hydrogens is 226 g/mol. The van der Waals surface area contributed by atoms with Gasteiger partial charge in [-0.2, -0.15) is 0 Å². The van der Waals surface area contributed by atoms with Crippen molar-refractivity contribution in [3.8, 4) is 5.75 Å². The lowest BCUT2D eigenvalue weighted by atomic mass is 10.2. The first-order valence-electron chi connectivity index (χ1n) is 3.16. The third-order valence-corrected chi connectivity index (χ3v) is 2.54. The highest BCUT2D eigenvalue weighted by molar-refractivity contribution is 9.10. The standard InChI is InChI=1S/C7H6BrNO3/c1-4-6(10)3-2-5(7(4)8)9(11)12/h2-3,10H,1H3. The van der Waals surface area contributed by atoms with E-state index in [-0.39, 0.29) is 11.4 Å². The number of benzene rings is 1. The highest BCUT2D eigenvalue weighted by atomic mass is 79.9. The molecule has 0 aliphatic carbocycles. The number of hydrogen-bond donors (Lipinski definition) is 1. The van der Waals surface area contributed by atoms with Crippen molar-refractivity contribution in [2.24, 2.45) is 0 Å². The zero-order chi connectivity index (χ0) is 9.30. The molecule has 0 fully saturated rings. The van der Waals surface area contributed by atoms with E-state index in [4.69, 9.17) is 5.11 Å². The Morgan fingerprint density at radius 3 is 2.67 bits per heavy atom. The third kappa shape index (κ3) is 1.40. The quantitative estimate of drug-likeness (QED) is 0.597. The van der Waals surface area contributed by atoms with Crippen LogP contribution in [0.15, 0.2) is 16.6 Å². The highest BCUT2D eigenvalue weighted by Gasteiger charge is 2.15. The second kappa shape index (κ2) is 3.10. The molecule has 0 spiro atoms. The Morgan fingerprint density at radius 1 is 1.58 bits per heavy atom. The molecule has 0 bridgehead atoms. The average molecular weight is 232 g/mol. The van der Waals surface area contributed by atoms with Gasteiger partial charge in [0.2, 0.25) is 0 Å². The molecule has 12 heavy (non-hydrogen) atoms. The summed E-state index contributed by atoms with van der Waals surface area (Å²) in [6.45, 7) is 1.60. The molecule has 0 radical (unpaired) electrons. The van der Waals surface area contributed by atoms with Gasteiger partial charge in [0.25, 0.3) is 5.69 Å². The van der Waals surface area contributed by atoms with E-state index in [0.29, 0.717) is 10.0 Å². The Labute approximate surface area is 77.1 Å². The van der Waals surface area contributed by atoms with E-state index in [1.807, 2.05) is 0 Å². The monoisotopic (exact) mass is 231 g/mol. The van der Waals surface area contributed by atoms with Crippen LogP contribution >= 0.6 is 15.9 Å². The van der Waals surface area contributed by atoms with Gasteiger partial charge in [0.15, 0.2) is 0 Å². The number of nitro benzene ring substituents is 1. The molecule has 0 atom stereocenters. The summed E-state index contributed by atoms with van der Waals surface area (Å²) in [6.07, 6.45) is 0. The van der Waals surface area contributed by atoms with Crippen LogP contribution in [0.5, 0.6) is 5.75 Å². The summed E-state index contributed by atoms with van der Waals surface area (Å²) in [6, 6.07) is 2.56. The molecule has 1 N–H and O–H groups in total. The van der Waals surface area contributed by atoms with Crippen molar-refractivity contribution in [1.29, 1.82) is 0 Å². The van der Waals surface area contributed by atoms with E-state index in [1.54, 1.807) is 6.92 Å². The molecule has 0 aromatic heterocycles. The summed E-state index contributed by atoms with van der Waals surface area (Å²) in [5, 5.41) is 19.5. The average Bonchev–Trinajstić information content (AvgIpc) is 2.00. The molecule has 0 aliphatic heterocycles. The van der Waals surface area contributed by atoms with Gasteiger partial charge >= 0.3 is 0 Å². The molecule has 5 heteroatoms. The Hall–Kier alpha value is -1.10. The molecule has 64 valence electrons. The van der Waals surface area contributed by atoms with Gasteiger partial charge < -0.3 is 5.11 Å². The van der Waals surface area contributed by atoms with Gasteiger partial charge in [0, 0.05) is 11.6 Å². The van der Waals surface area contributed by atoms with Crippen LogP contribution in [0, 0.1) is 17.0 Å². The molecule has 0 aliphatic rings. The van der Waals surface area contributed by atoms with Crippen LogP contribution in [-0.2, 0) is 0 Å². The van der Waals surface area contributed by atoms with Gasteiger partial charge in [-0.15, -0.1) is 0 Å². The summed E-state index contributed by atoms with van der Waals surface area (Å²) in [7, 11) is 0. The van der Waals surface area contributed by atoms with Crippen molar-refractivity contribution < 1.29 is 10.0 Å². The predicted octanol–water partition coefficient (Wildman–Crippen LogP) is 2.37. The van der Waals surface area contributed by atoms with Crippen LogP contribution in [0.1, 0.15) is 5.56 Å². The maximum Gasteiger partial charge on any atom is 0.284 e. The minimum Gasteiger partial charge on any atom is -0.508 e. The second-order valence-corrected chi connectivity index (χ2v) is 3.09. The fourth-order valence-electron chi connectivity index (χ4n) is 0.802. The summed E-state index contributed by atoms with van der Waals surface area (Å²) in [4.78, 5) is 9.88. The van der Waals surface area contributed by atoms with Crippen LogP contribution < -0.4 is 0 Å². The molecule has 4 nitrogen and oxygen atoms in total. The lowest BCUT2D eigenvalue weighted by Gasteiger charge is -2.01. The van der Waals surface area contributed by atoms with Crippen molar-refractivity contribution in [2.45, 2.75) is 6.92 Å². The largest absolute Gasteiger partial charge is 0.508 e. The number of halogens is 1. The lowest BCUT2D eigenvalue weighted by molar-refractivity contribution is -0.385. The van der Waals surface area contributed by atoms with E-state index < -0.39 is 4.92 Å². The fraction of sp³-hybridized carbons (Fsp3) is 0.143. The molecule has 0 heterocycles. The Balaban J connectivity index is 3.36. The molecule has 0 unspecified atom stereocenters. The Kier molecular flexibility index (Phi) is 2.32. The zero-order valence-corrected chi connectivity index (χ0v) is 7.83. The molecule has 1 aromatic carbocycles. The van der Waals surface area contributed by atoms with Crippen molar-refractivity contribution in [1.82, 2.24) is 0 Å². The maximum absolute atomic E-state index is 10.4. The molecule has 0 saturated heterocycles. The topological polar surface area (TPSA) is 63.4 Å². The van der Waals surface area contributed by atoms with E-state index in [1.165, 1.54) is 12.1 Å². The van der Waals surface area contributed by atoms with Crippen molar-refractivity contribution in [3.63, 3.8) is 0 Å². The number of aromatic hydroxyl groups is 1. The first-order chi connectivity index (χ1) is 5.54. The normalized spacial score (nSPS) is 9.83. The van der Waals surface area contributed by atoms with Gasteiger partial charge in [0.1, 0.15) is 10.2 Å². The van der Waals surface area contributed by atoms with Crippen molar-refractivity contribution >= 4 is 21.6 Å². The van der Waals surface area contributed by atoms with Gasteiger partial charge in [0.05, 0.1) is 4.92 Å². The number of phenols is 1. The number of phenolic OH excluding ortho intramolecular Hbond substituents is 1. The zero-order valence-electron chi connectivity index (χ0n) is 6.24. The van der Waals surface area contributed by atoms with Crippen molar-refractivity contribution in [2.75, 3.05) is 0 Å². The third-order valence-electron chi connectivity index (χ3n) is 1.53. The SMILES string of the molecule is Cc1c(O)ccc([N+](=O)[O-])c1Br. The first-order valence-corrected chi connectivity index (χ1v) is 3.96. The Morgan fingerprint density at radius 2 is 2.17 bits per heavy atom. The fourth-order valence-corrected chi connectivity index (χ4v) is 1.28. The molecule has 0 saturated carbocycles. The molecular formula is C7H6BrNO3. The molecule has 1 aromatic rings. The molecule has 1 rings (SSSR count). The van der Waals surface area contributed by atoms with E-state index in [9.17, 15) is 10.1 Å². The van der Waals surface area contributed by atoms with Crippen molar-refractivity contribution in [3.05, 3.63) is 32.3 Å². The van der Waals surface area contributed by atoms with Gasteiger partial charge in [-0.25, -0.2) is 0 Å². The van der Waals surface area contributed by atoms with Gasteiger partial charge in [-0.1, -0.05) is 0 Å². The Bertz CT molecular complexity index is 338. The first kappa shape index (κ1) is 8.99. The van der Waals surface area contributed by atoms with E-state index >= 15 is 0 Å². The number of rotatable bonds is 1. The van der Waals surface area contributed by atoms with Crippen LogP contribution in [0.4, 0.5) is 5.69 Å². The van der Waals surface area contributed by atoms with Crippen LogP contribution in [0.2, 0.25) is 0 Å². The highest BCUT2D eigenvalue weighted by Crippen LogP contribution is 2.33. The minimum atomic E-state index is -0.503. The van der Waals surface area contributed by atoms with Crippen LogP contribution in [-0.4, -0.2) is 10.0 Å². The van der Waals surface area contributed by atoms with Crippen LogP contribution in [0.25, 0.3) is 0 Å². The maximum atomic E-state index is 10.4. The summed E-state index contributed by atoms with van der Waals surface area (Å²) >= 11 is 3.03. The lowest BCUT2D eigenvalue weighted by Crippen LogP contribution is -1.90. The number of hydrogen-bond acceptors (Lipinski definition) is 3. The second-order valence-electron chi connectivity index (χ2n) is 2.30. The predicted molar refractivity (Wildman–Crippen MR) is 47.2 cm³/mol.